The number of aromatic amines is 1. The van der Waals surface area contributed by atoms with Crippen LogP contribution in [0.2, 0.25) is 5.02 Å². The number of nitrogens with one attached hydrogen (secondary N) is 1. The molecule has 2 aromatic rings. The minimum Gasteiger partial charge on any atom is -0.336 e. The van der Waals surface area contributed by atoms with Crippen molar-refractivity contribution in [2.45, 2.75) is 6.92 Å². The van der Waals surface area contributed by atoms with E-state index in [9.17, 15) is 0 Å². The molecule has 0 saturated heterocycles. The van der Waals surface area contributed by atoms with Crippen LogP contribution in [-0.4, -0.2) is 9.97 Å². The summed E-state index contributed by atoms with van der Waals surface area (Å²) in [5.74, 6) is 0. The minimum atomic E-state index is 0.717. The molecule has 0 unspecified atom stereocenters. The molecule has 0 aliphatic rings. The van der Waals surface area contributed by atoms with Gasteiger partial charge in [0.1, 0.15) is 0 Å². The SMILES string of the molecule is Cc1[nH]c(Br)nc1-c1ccccc1Cl. The number of hydrogen-bond acceptors (Lipinski definition) is 1. The van der Waals surface area contributed by atoms with Crippen LogP contribution in [0.25, 0.3) is 11.3 Å². The molecule has 4 heteroatoms. The van der Waals surface area contributed by atoms with Crippen LogP contribution in [0, 0.1) is 6.92 Å². The molecule has 0 amide bonds. The first-order valence-corrected chi connectivity index (χ1v) is 5.32. The maximum Gasteiger partial charge on any atom is 0.175 e. The topological polar surface area (TPSA) is 28.7 Å². The third-order valence-electron chi connectivity index (χ3n) is 1.98. The average molecular weight is 272 g/mol. The smallest absolute Gasteiger partial charge is 0.175 e. The Balaban J connectivity index is 2.60. The number of aromatic nitrogens is 2. The van der Waals surface area contributed by atoms with E-state index in [4.69, 9.17) is 11.6 Å². The number of H-pyrrole nitrogens is 1. The monoisotopic (exact) mass is 270 g/mol. The van der Waals surface area contributed by atoms with Gasteiger partial charge in [0.15, 0.2) is 4.73 Å². The van der Waals surface area contributed by atoms with Gasteiger partial charge in [-0.1, -0.05) is 29.8 Å². The van der Waals surface area contributed by atoms with Crippen molar-refractivity contribution in [3.8, 4) is 11.3 Å². The van der Waals surface area contributed by atoms with Crippen LogP contribution in [0.4, 0.5) is 0 Å². The standard InChI is InChI=1S/C10H8BrClN2/c1-6-9(14-10(11)13-6)7-4-2-3-5-8(7)12/h2-5H,1H3,(H,13,14). The second-order valence-electron chi connectivity index (χ2n) is 2.98. The fourth-order valence-corrected chi connectivity index (χ4v) is 2.04. The van der Waals surface area contributed by atoms with E-state index in [0.717, 1.165) is 26.7 Å². The molecule has 1 N–H and O–H groups in total. The Morgan fingerprint density at radius 3 is 2.64 bits per heavy atom. The molecule has 1 aromatic heterocycles. The van der Waals surface area contributed by atoms with Crippen LogP contribution in [0.15, 0.2) is 29.0 Å². The fraction of sp³-hybridized carbons (Fsp3) is 0.100. The Labute approximate surface area is 95.5 Å². The van der Waals surface area contributed by atoms with E-state index in [-0.39, 0.29) is 0 Å². The lowest BCUT2D eigenvalue weighted by Gasteiger charge is -2.00. The number of hydrogen-bond donors (Lipinski definition) is 1. The Morgan fingerprint density at radius 2 is 2.07 bits per heavy atom. The number of imidazole rings is 1. The third kappa shape index (κ3) is 1.70. The van der Waals surface area contributed by atoms with Crippen molar-refractivity contribution in [2.24, 2.45) is 0 Å². The van der Waals surface area contributed by atoms with Crippen molar-refractivity contribution in [3.63, 3.8) is 0 Å². The van der Waals surface area contributed by atoms with Crippen molar-refractivity contribution in [3.05, 3.63) is 39.7 Å². The molecule has 2 rings (SSSR count). The zero-order valence-corrected chi connectivity index (χ0v) is 9.85. The summed E-state index contributed by atoms with van der Waals surface area (Å²) in [5.41, 5.74) is 2.85. The summed E-state index contributed by atoms with van der Waals surface area (Å²) in [6.45, 7) is 1.97. The number of aryl methyl sites for hydroxylation is 1. The summed E-state index contributed by atoms with van der Waals surface area (Å²) in [4.78, 5) is 7.40. The van der Waals surface area contributed by atoms with E-state index >= 15 is 0 Å². The second kappa shape index (κ2) is 3.75. The van der Waals surface area contributed by atoms with Crippen molar-refractivity contribution in [1.82, 2.24) is 9.97 Å². The lowest BCUT2D eigenvalue weighted by Crippen LogP contribution is -1.81. The van der Waals surface area contributed by atoms with E-state index < -0.39 is 0 Å². The number of rotatable bonds is 1. The molecule has 0 spiro atoms. The number of halogens is 2. The quantitative estimate of drug-likeness (QED) is 0.839. The highest BCUT2D eigenvalue weighted by Crippen LogP contribution is 2.29. The molecule has 1 heterocycles. The third-order valence-corrected chi connectivity index (χ3v) is 2.69. The molecule has 0 atom stereocenters. The summed E-state index contributed by atoms with van der Waals surface area (Å²) in [6.07, 6.45) is 0. The second-order valence-corrected chi connectivity index (χ2v) is 4.14. The van der Waals surface area contributed by atoms with Crippen LogP contribution in [0.5, 0.6) is 0 Å². The first-order chi connectivity index (χ1) is 6.68. The molecular formula is C10H8BrClN2. The van der Waals surface area contributed by atoms with Crippen LogP contribution >= 0.6 is 27.5 Å². The summed E-state index contributed by atoms with van der Waals surface area (Å²) in [7, 11) is 0. The number of nitrogens with zero attached hydrogens (tertiary/aromatic N) is 1. The minimum absolute atomic E-state index is 0.717. The summed E-state index contributed by atoms with van der Waals surface area (Å²) < 4.78 is 0.727. The average Bonchev–Trinajstić information content (AvgIpc) is 2.46. The Morgan fingerprint density at radius 1 is 1.36 bits per heavy atom. The van der Waals surface area contributed by atoms with Crippen LogP contribution < -0.4 is 0 Å². The summed E-state index contributed by atoms with van der Waals surface area (Å²) in [6, 6.07) is 7.67. The van der Waals surface area contributed by atoms with Gasteiger partial charge in [0, 0.05) is 11.3 Å². The fourth-order valence-electron chi connectivity index (χ4n) is 1.34. The van der Waals surface area contributed by atoms with Gasteiger partial charge >= 0.3 is 0 Å². The zero-order chi connectivity index (χ0) is 10.1. The highest BCUT2D eigenvalue weighted by atomic mass is 79.9. The Kier molecular flexibility index (Phi) is 2.61. The molecule has 0 aliphatic heterocycles. The first kappa shape index (κ1) is 9.74. The molecule has 0 fully saturated rings. The highest BCUT2D eigenvalue weighted by Gasteiger charge is 2.09. The van der Waals surface area contributed by atoms with Crippen molar-refractivity contribution < 1.29 is 0 Å². The maximum absolute atomic E-state index is 6.07. The van der Waals surface area contributed by atoms with E-state index in [1.54, 1.807) is 0 Å². The highest BCUT2D eigenvalue weighted by molar-refractivity contribution is 9.10. The molecule has 0 bridgehead atoms. The van der Waals surface area contributed by atoms with E-state index in [0.29, 0.717) is 0 Å². The molecule has 0 aliphatic carbocycles. The van der Waals surface area contributed by atoms with E-state index in [1.165, 1.54) is 0 Å². The van der Waals surface area contributed by atoms with Gasteiger partial charge in [0.25, 0.3) is 0 Å². The van der Waals surface area contributed by atoms with Gasteiger partial charge < -0.3 is 4.98 Å². The molecule has 2 nitrogen and oxygen atoms in total. The predicted octanol–water partition coefficient (Wildman–Crippen LogP) is 3.80. The lowest BCUT2D eigenvalue weighted by molar-refractivity contribution is 1.20. The molecule has 72 valence electrons. The lowest BCUT2D eigenvalue weighted by atomic mass is 10.1. The van der Waals surface area contributed by atoms with Crippen LogP contribution in [-0.2, 0) is 0 Å². The summed E-state index contributed by atoms with van der Waals surface area (Å²) >= 11 is 9.37. The van der Waals surface area contributed by atoms with Gasteiger partial charge in [-0.3, -0.25) is 0 Å². The molecule has 14 heavy (non-hydrogen) atoms. The normalized spacial score (nSPS) is 10.5. The first-order valence-electron chi connectivity index (χ1n) is 4.15. The predicted molar refractivity (Wildman–Crippen MR) is 61.5 cm³/mol. The maximum atomic E-state index is 6.07. The van der Waals surface area contributed by atoms with Gasteiger partial charge in [0.2, 0.25) is 0 Å². The molecule has 0 saturated carbocycles. The van der Waals surface area contributed by atoms with Gasteiger partial charge in [-0.15, -0.1) is 0 Å². The number of benzene rings is 1. The van der Waals surface area contributed by atoms with Gasteiger partial charge in [-0.2, -0.15) is 0 Å². The van der Waals surface area contributed by atoms with E-state index in [2.05, 4.69) is 25.9 Å². The van der Waals surface area contributed by atoms with Crippen molar-refractivity contribution in [2.75, 3.05) is 0 Å². The van der Waals surface area contributed by atoms with Gasteiger partial charge in [-0.05, 0) is 28.9 Å². The molecule has 0 radical (unpaired) electrons. The largest absolute Gasteiger partial charge is 0.336 e. The van der Waals surface area contributed by atoms with Crippen LogP contribution in [0.3, 0.4) is 0 Å². The Bertz CT molecular complexity index is 465. The Hall–Kier alpha value is -0.800. The van der Waals surface area contributed by atoms with Gasteiger partial charge in [0.05, 0.1) is 10.7 Å². The van der Waals surface area contributed by atoms with Crippen molar-refractivity contribution >= 4 is 27.5 Å². The zero-order valence-electron chi connectivity index (χ0n) is 7.51. The summed E-state index contributed by atoms with van der Waals surface area (Å²) in [5, 5.41) is 0.717. The molecule has 1 aromatic carbocycles. The van der Waals surface area contributed by atoms with Gasteiger partial charge in [-0.25, -0.2) is 4.98 Å². The molecular weight excluding hydrogens is 263 g/mol. The van der Waals surface area contributed by atoms with Crippen molar-refractivity contribution in [1.29, 1.82) is 0 Å². The van der Waals surface area contributed by atoms with E-state index in [1.807, 2.05) is 31.2 Å². The van der Waals surface area contributed by atoms with Crippen LogP contribution in [0.1, 0.15) is 5.69 Å².